The molecule has 148 valence electrons. The summed E-state index contributed by atoms with van der Waals surface area (Å²) in [4.78, 5) is 30.7. The lowest BCUT2D eigenvalue weighted by Gasteiger charge is -2.39. The van der Waals surface area contributed by atoms with Gasteiger partial charge in [0.25, 0.3) is 5.91 Å². The molecule has 3 heterocycles. The summed E-state index contributed by atoms with van der Waals surface area (Å²) in [6.45, 7) is 7.10. The number of benzene rings is 1. The van der Waals surface area contributed by atoms with E-state index in [1.807, 2.05) is 27.3 Å². The second kappa shape index (κ2) is 7.70. The summed E-state index contributed by atoms with van der Waals surface area (Å²) in [5.41, 5.74) is 2.12. The van der Waals surface area contributed by atoms with Gasteiger partial charge in [0.1, 0.15) is 0 Å². The lowest BCUT2D eigenvalue weighted by atomic mass is 9.78. The van der Waals surface area contributed by atoms with Gasteiger partial charge >= 0.3 is 0 Å². The standard InChI is InChI=1S/C23H28N2O2S/c1-17(2)19-8-6-18(7-9-19)15-24-12-4-10-23(22(24)27)11-13-25(16-23)21(26)20-5-3-14-28-20/h3,5-9,14,17H,4,10-13,15-16H2,1-2H3. The zero-order chi connectivity index (χ0) is 19.7. The van der Waals surface area contributed by atoms with Crippen molar-refractivity contribution in [3.8, 4) is 0 Å². The molecule has 0 saturated carbocycles. The second-order valence-corrected chi connectivity index (χ2v) is 9.41. The van der Waals surface area contributed by atoms with Crippen LogP contribution in [0, 0.1) is 5.41 Å². The molecule has 2 saturated heterocycles. The monoisotopic (exact) mass is 396 g/mol. The third kappa shape index (κ3) is 3.60. The van der Waals surface area contributed by atoms with Gasteiger partial charge in [-0.2, -0.15) is 0 Å². The maximum Gasteiger partial charge on any atom is 0.263 e. The van der Waals surface area contributed by atoms with Crippen LogP contribution in [0.15, 0.2) is 41.8 Å². The number of hydrogen-bond acceptors (Lipinski definition) is 3. The summed E-state index contributed by atoms with van der Waals surface area (Å²) in [7, 11) is 0. The Morgan fingerprint density at radius 2 is 1.93 bits per heavy atom. The maximum atomic E-state index is 13.4. The van der Waals surface area contributed by atoms with Crippen molar-refractivity contribution in [1.82, 2.24) is 9.80 Å². The van der Waals surface area contributed by atoms with Gasteiger partial charge in [-0.25, -0.2) is 0 Å². The maximum absolute atomic E-state index is 13.4. The van der Waals surface area contributed by atoms with Gasteiger partial charge in [0.2, 0.25) is 5.91 Å². The van der Waals surface area contributed by atoms with Crippen LogP contribution in [-0.4, -0.2) is 41.2 Å². The van der Waals surface area contributed by atoms with Gasteiger partial charge in [0.05, 0.1) is 10.3 Å². The van der Waals surface area contributed by atoms with Gasteiger partial charge in [-0.05, 0) is 47.8 Å². The van der Waals surface area contributed by atoms with E-state index in [0.717, 1.165) is 30.7 Å². The van der Waals surface area contributed by atoms with Crippen LogP contribution in [0.1, 0.15) is 59.8 Å². The predicted molar refractivity (Wildman–Crippen MR) is 112 cm³/mol. The van der Waals surface area contributed by atoms with E-state index < -0.39 is 0 Å². The number of piperidine rings is 1. The van der Waals surface area contributed by atoms with Crippen molar-refractivity contribution in [3.05, 3.63) is 57.8 Å². The molecule has 2 fully saturated rings. The Labute approximate surface area is 171 Å². The highest BCUT2D eigenvalue weighted by Crippen LogP contribution is 2.41. The van der Waals surface area contributed by atoms with Crippen molar-refractivity contribution in [1.29, 1.82) is 0 Å². The smallest absolute Gasteiger partial charge is 0.263 e. The van der Waals surface area contributed by atoms with Crippen LogP contribution in [0.4, 0.5) is 0 Å². The number of carbonyl (C=O) groups excluding carboxylic acids is 2. The normalized spacial score (nSPS) is 22.5. The fraction of sp³-hybridized carbons (Fsp3) is 0.478. The summed E-state index contributed by atoms with van der Waals surface area (Å²) in [5, 5.41) is 1.93. The minimum absolute atomic E-state index is 0.0704. The topological polar surface area (TPSA) is 40.6 Å². The van der Waals surface area contributed by atoms with Crippen LogP contribution in [0.5, 0.6) is 0 Å². The Kier molecular flexibility index (Phi) is 5.28. The van der Waals surface area contributed by atoms with E-state index in [-0.39, 0.29) is 17.2 Å². The van der Waals surface area contributed by atoms with Crippen LogP contribution in [0.25, 0.3) is 0 Å². The number of carbonyl (C=O) groups is 2. The van der Waals surface area contributed by atoms with Crippen molar-refractivity contribution in [2.24, 2.45) is 5.41 Å². The molecule has 0 radical (unpaired) electrons. The van der Waals surface area contributed by atoms with E-state index in [1.165, 1.54) is 22.5 Å². The molecular formula is C23H28N2O2S. The van der Waals surface area contributed by atoms with Crippen molar-refractivity contribution >= 4 is 23.2 Å². The molecule has 0 bridgehead atoms. The predicted octanol–water partition coefficient (Wildman–Crippen LogP) is 4.53. The van der Waals surface area contributed by atoms with Gasteiger partial charge < -0.3 is 9.80 Å². The van der Waals surface area contributed by atoms with Crippen LogP contribution in [-0.2, 0) is 11.3 Å². The number of amides is 2. The van der Waals surface area contributed by atoms with E-state index in [0.29, 0.717) is 25.6 Å². The zero-order valence-corrected chi connectivity index (χ0v) is 17.5. The molecule has 2 aromatic rings. The van der Waals surface area contributed by atoms with Crippen LogP contribution in [0.2, 0.25) is 0 Å². The minimum atomic E-state index is -0.386. The first kappa shape index (κ1) is 19.2. The third-order valence-corrected chi connectivity index (χ3v) is 7.07. The Morgan fingerprint density at radius 1 is 1.14 bits per heavy atom. The first-order valence-corrected chi connectivity index (χ1v) is 11.1. The molecule has 1 spiro atoms. The van der Waals surface area contributed by atoms with Gasteiger partial charge in [-0.15, -0.1) is 11.3 Å². The van der Waals surface area contributed by atoms with Gasteiger partial charge in [-0.3, -0.25) is 9.59 Å². The lowest BCUT2D eigenvalue weighted by molar-refractivity contribution is -0.146. The highest BCUT2D eigenvalue weighted by molar-refractivity contribution is 7.12. The summed E-state index contributed by atoms with van der Waals surface area (Å²) < 4.78 is 0. The number of likely N-dealkylation sites (tertiary alicyclic amines) is 2. The van der Waals surface area contributed by atoms with Crippen LogP contribution >= 0.6 is 11.3 Å². The van der Waals surface area contributed by atoms with Crippen molar-refractivity contribution in [2.75, 3.05) is 19.6 Å². The lowest BCUT2D eigenvalue weighted by Crippen LogP contribution is -2.50. The Balaban J connectivity index is 1.45. The van der Waals surface area contributed by atoms with Crippen molar-refractivity contribution < 1.29 is 9.59 Å². The first-order chi connectivity index (χ1) is 13.5. The molecule has 2 aliphatic rings. The molecule has 1 aromatic carbocycles. The summed E-state index contributed by atoms with van der Waals surface area (Å²) in [6.07, 6.45) is 2.69. The van der Waals surface area contributed by atoms with E-state index >= 15 is 0 Å². The first-order valence-electron chi connectivity index (χ1n) is 10.2. The molecule has 1 unspecified atom stereocenters. The molecule has 0 N–H and O–H groups in total. The Bertz CT molecular complexity index is 844. The van der Waals surface area contributed by atoms with Crippen molar-refractivity contribution in [3.63, 3.8) is 0 Å². The molecule has 28 heavy (non-hydrogen) atoms. The highest BCUT2D eigenvalue weighted by Gasteiger charge is 2.49. The average Bonchev–Trinajstić information content (AvgIpc) is 3.37. The molecule has 4 nitrogen and oxygen atoms in total. The van der Waals surface area contributed by atoms with Crippen LogP contribution < -0.4 is 0 Å². The quantitative estimate of drug-likeness (QED) is 0.762. The Hall–Kier alpha value is -2.14. The summed E-state index contributed by atoms with van der Waals surface area (Å²) in [6, 6.07) is 12.4. The van der Waals surface area contributed by atoms with E-state index in [4.69, 9.17) is 0 Å². The number of nitrogens with zero attached hydrogens (tertiary/aromatic N) is 2. The zero-order valence-electron chi connectivity index (χ0n) is 16.7. The van der Waals surface area contributed by atoms with Gasteiger partial charge in [0, 0.05) is 26.2 Å². The number of thiophene rings is 1. The third-order valence-electron chi connectivity index (χ3n) is 6.22. The molecule has 1 aromatic heterocycles. The highest BCUT2D eigenvalue weighted by atomic mass is 32.1. The van der Waals surface area contributed by atoms with E-state index in [2.05, 4.69) is 38.1 Å². The SMILES string of the molecule is CC(C)c1ccc(CN2CCCC3(CCN(C(=O)c4cccs4)C3)C2=O)cc1. The molecular weight excluding hydrogens is 368 g/mol. The minimum Gasteiger partial charge on any atom is -0.338 e. The molecule has 1 atom stereocenters. The summed E-state index contributed by atoms with van der Waals surface area (Å²) in [5.74, 6) is 0.813. The fourth-order valence-corrected chi connectivity index (χ4v) is 5.20. The number of rotatable bonds is 4. The molecule has 5 heteroatoms. The van der Waals surface area contributed by atoms with Gasteiger partial charge in [0.15, 0.2) is 0 Å². The van der Waals surface area contributed by atoms with E-state index in [9.17, 15) is 9.59 Å². The van der Waals surface area contributed by atoms with Crippen LogP contribution in [0.3, 0.4) is 0 Å². The molecule has 4 rings (SSSR count). The largest absolute Gasteiger partial charge is 0.338 e. The number of hydrogen-bond donors (Lipinski definition) is 0. The van der Waals surface area contributed by atoms with E-state index in [1.54, 1.807) is 0 Å². The van der Waals surface area contributed by atoms with Gasteiger partial charge in [-0.1, -0.05) is 44.2 Å². The molecule has 2 aliphatic heterocycles. The second-order valence-electron chi connectivity index (χ2n) is 8.46. The fourth-order valence-electron chi connectivity index (χ4n) is 4.51. The molecule has 2 amide bonds. The van der Waals surface area contributed by atoms with Crippen molar-refractivity contribution in [2.45, 2.75) is 45.6 Å². The Morgan fingerprint density at radius 3 is 2.61 bits per heavy atom. The molecule has 0 aliphatic carbocycles. The summed E-state index contributed by atoms with van der Waals surface area (Å²) >= 11 is 1.47. The average molecular weight is 397 g/mol.